The van der Waals surface area contributed by atoms with Gasteiger partial charge in [0.05, 0.1) is 0 Å². The summed E-state index contributed by atoms with van der Waals surface area (Å²) in [6, 6.07) is 9.45. The number of rotatable bonds is 6. The van der Waals surface area contributed by atoms with Gasteiger partial charge < -0.3 is 15.0 Å². The van der Waals surface area contributed by atoms with Crippen molar-refractivity contribution in [1.82, 2.24) is 5.32 Å². The molecular formula is C17H28N2O. The maximum Gasteiger partial charge on any atom is 0.0469 e. The second kappa shape index (κ2) is 7.65. The molecule has 20 heavy (non-hydrogen) atoms. The Hall–Kier alpha value is -1.06. The molecule has 0 radical (unpaired) electrons. The van der Waals surface area contributed by atoms with Crippen molar-refractivity contribution in [2.75, 3.05) is 31.7 Å². The molecule has 3 nitrogen and oxygen atoms in total. The van der Waals surface area contributed by atoms with Crippen molar-refractivity contribution in [2.45, 2.75) is 39.3 Å². The smallest absolute Gasteiger partial charge is 0.0469 e. The van der Waals surface area contributed by atoms with E-state index in [1.54, 1.807) is 0 Å². The van der Waals surface area contributed by atoms with E-state index >= 15 is 0 Å². The summed E-state index contributed by atoms with van der Waals surface area (Å²) in [4.78, 5) is 2.37. The highest BCUT2D eigenvalue weighted by molar-refractivity contribution is 5.46. The van der Waals surface area contributed by atoms with E-state index in [0.717, 1.165) is 32.2 Å². The monoisotopic (exact) mass is 276 g/mol. The standard InChI is InChI=1S/C17H28N2O/c1-14(2)18-12-15-4-6-17(7-5-15)19(3)13-16-8-10-20-11-9-16/h4-7,14,16,18H,8-13H2,1-3H3. The molecule has 0 spiro atoms. The van der Waals surface area contributed by atoms with E-state index in [2.05, 4.69) is 55.4 Å². The predicted octanol–water partition coefficient (Wildman–Crippen LogP) is 3.05. The summed E-state index contributed by atoms with van der Waals surface area (Å²) in [5.41, 5.74) is 2.66. The number of anilines is 1. The molecule has 112 valence electrons. The molecule has 1 N–H and O–H groups in total. The molecule has 0 saturated carbocycles. The lowest BCUT2D eigenvalue weighted by atomic mass is 9.99. The van der Waals surface area contributed by atoms with Crippen LogP contribution in [0.3, 0.4) is 0 Å². The molecule has 1 heterocycles. The minimum atomic E-state index is 0.533. The Bertz CT molecular complexity index is 382. The molecule has 0 unspecified atom stereocenters. The zero-order valence-electron chi connectivity index (χ0n) is 13.1. The van der Waals surface area contributed by atoms with Crippen LogP contribution in [0.2, 0.25) is 0 Å². The number of benzene rings is 1. The third kappa shape index (κ3) is 4.80. The van der Waals surface area contributed by atoms with Gasteiger partial charge in [0.15, 0.2) is 0 Å². The predicted molar refractivity (Wildman–Crippen MR) is 85.2 cm³/mol. The molecule has 0 amide bonds. The van der Waals surface area contributed by atoms with E-state index in [-0.39, 0.29) is 0 Å². The number of hydrogen-bond acceptors (Lipinski definition) is 3. The first-order chi connectivity index (χ1) is 9.65. The van der Waals surface area contributed by atoms with Crippen molar-refractivity contribution in [1.29, 1.82) is 0 Å². The minimum absolute atomic E-state index is 0.533. The first kappa shape index (κ1) is 15.3. The van der Waals surface area contributed by atoms with E-state index in [9.17, 15) is 0 Å². The van der Waals surface area contributed by atoms with Crippen LogP contribution in [0.1, 0.15) is 32.3 Å². The third-order valence-electron chi connectivity index (χ3n) is 3.96. The molecule has 1 aromatic carbocycles. The van der Waals surface area contributed by atoms with Crippen LogP contribution in [0.25, 0.3) is 0 Å². The first-order valence-electron chi connectivity index (χ1n) is 7.76. The van der Waals surface area contributed by atoms with Gasteiger partial charge in [0, 0.05) is 45.1 Å². The van der Waals surface area contributed by atoms with Crippen LogP contribution in [-0.4, -0.2) is 32.8 Å². The largest absolute Gasteiger partial charge is 0.381 e. The highest BCUT2D eigenvalue weighted by Gasteiger charge is 2.15. The Kier molecular flexibility index (Phi) is 5.86. The van der Waals surface area contributed by atoms with Crippen LogP contribution in [0.5, 0.6) is 0 Å². The average Bonchev–Trinajstić information content (AvgIpc) is 2.46. The Morgan fingerprint density at radius 2 is 1.85 bits per heavy atom. The Labute approximate surface area is 123 Å². The molecular weight excluding hydrogens is 248 g/mol. The van der Waals surface area contributed by atoms with Crippen molar-refractivity contribution in [3.8, 4) is 0 Å². The summed E-state index contributed by atoms with van der Waals surface area (Å²) in [5, 5.41) is 3.45. The second-order valence-corrected chi connectivity index (χ2v) is 6.14. The van der Waals surface area contributed by atoms with E-state index in [1.165, 1.54) is 24.1 Å². The molecule has 0 atom stereocenters. The van der Waals surface area contributed by atoms with Gasteiger partial charge in [0.25, 0.3) is 0 Å². The van der Waals surface area contributed by atoms with E-state index in [0.29, 0.717) is 6.04 Å². The number of ether oxygens (including phenoxy) is 1. The van der Waals surface area contributed by atoms with Crippen LogP contribution in [-0.2, 0) is 11.3 Å². The normalized spacial score (nSPS) is 16.6. The lowest BCUT2D eigenvalue weighted by molar-refractivity contribution is 0.0685. The van der Waals surface area contributed by atoms with Gasteiger partial charge in [-0.1, -0.05) is 26.0 Å². The summed E-state index contributed by atoms with van der Waals surface area (Å²) >= 11 is 0. The Balaban J connectivity index is 1.84. The number of nitrogens with one attached hydrogen (secondary N) is 1. The van der Waals surface area contributed by atoms with Gasteiger partial charge in [-0.15, -0.1) is 0 Å². The van der Waals surface area contributed by atoms with Gasteiger partial charge in [-0.2, -0.15) is 0 Å². The van der Waals surface area contributed by atoms with Gasteiger partial charge in [0.2, 0.25) is 0 Å². The molecule has 0 aliphatic carbocycles. The lowest BCUT2D eigenvalue weighted by Crippen LogP contribution is -2.29. The van der Waals surface area contributed by atoms with Gasteiger partial charge in [-0.3, -0.25) is 0 Å². The molecule has 0 bridgehead atoms. The van der Waals surface area contributed by atoms with Crippen LogP contribution < -0.4 is 10.2 Å². The van der Waals surface area contributed by atoms with Crippen LogP contribution in [0, 0.1) is 5.92 Å². The maximum atomic E-state index is 5.42. The van der Waals surface area contributed by atoms with Gasteiger partial charge in [0.1, 0.15) is 0 Å². The van der Waals surface area contributed by atoms with Gasteiger partial charge in [-0.05, 0) is 36.5 Å². The van der Waals surface area contributed by atoms with E-state index in [1.807, 2.05) is 0 Å². The fourth-order valence-corrected chi connectivity index (χ4v) is 2.61. The van der Waals surface area contributed by atoms with Crippen molar-refractivity contribution < 1.29 is 4.74 Å². The van der Waals surface area contributed by atoms with Gasteiger partial charge >= 0.3 is 0 Å². The van der Waals surface area contributed by atoms with Crippen LogP contribution in [0.4, 0.5) is 5.69 Å². The fraction of sp³-hybridized carbons (Fsp3) is 0.647. The van der Waals surface area contributed by atoms with Gasteiger partial charge in [-0.25, -0.2) is 0 Å². The maximum absolute atomic E-state index is 5.42. The molecule has 2 rings (SSSR count). The van der Waals surface area contributed by atoms with Crippen molar-refractivity contribution in [2.24, 2.45) is 5.92 Å². The topological polar surface area (TPSA) is 24.5 Å². The zero-order valence-corrected chi connectivity index (χ0v) is 13.1. The summed E-state index contributed by atoms with van der Waals surface area (Å²) in [5.74, 6) is 0.774. The van der Waals surface area contributed by atoms with Crippen LogP contribution in [0.15, 0.2) is 24.3 Å². The molecule has 0 aromatic heterocycles. The molecule has 1 fully saturated rings. The Morgan fingerprint density at radius 1 is 1.20 bits per heavy atom. The second-order valence-electron chi connectivity index (χ2n) is 6.14. The average molecular weight is 276 g/mol. The minimum Gasteiger partial charge on any atom is -0.381 e. The summed E-state index contributed by atoms with van der Waals surface area (Å²) < 4.78 is 5.42. The number of hydrogen-bond donors (Lipinski definition) is 1. The number of nitrogens with zero attached hydrogens (tertiary/aromatic N) is 1. The van der Waals surface area contributed by atoms with Crippen molar-refractivity contribution in [3.05, 3.63) is 29.8 Å². The molecule has 1 aromatic rings. The molecule has 1 saturated heterocycles. The zero-order chi connectivity index (χ0) is 14.4. The Morgan fingerprint density at radius 3 is 2.45 bits per heavy atom. The molecule has 1 aliphatic rings. The first-order valence-corrected chi connectivity index (χ1v) is 7.76. The fourth-order valence-electron chi connectivity index (χ4n) is 2.61. The lowest BCUT2D eigenvalue weighted by Gasteiger charge is -2.28. The quantitative estimate of drug-likeness (QED) is 0.864. The van der Waals surface area contributed by atoms with E-state index in [4.69, 9.17) is 4.74 Å². The summed E-state index contributed by atoms with van der Waals surface area (Å²) in [7, 11) is 2.19. The third-order valence-corrected chi connectivity index (χ3v) is 3.96. The highest BCUT2D eigenvalue weighted by Crippen LogP contribution is 2.20. The SMILES string of the molecule is CC(C)NCc1ccc(N(C)CC2CCOCC2)cc1. The van der Waals surface area contributed by atoms with Crippen LogP contribution >= 0.6 is 0 Å². The van der Waals surface area contributed by atoms with E-state index < -0.39 is 0 Å². The highest BCUT2D eigenvalue weighted by atomic mass is 16.5. The summed E-state index contributed by atoms with van der Waals surface area (Å²) in [6.07, 6.45) is 2.39. The molecule has 3 heteroatoms. The summed E-state index contributed by atoms with van der Waals surface area (Å²) in [6.45, 7) is 8.29. The van der Waals surface area contributed by atoms with Crippen molar-refractivity contribution >= 4 is 5.69 Å². The van der Waals surface area contributed by atoms with Crippen molar-refractivity contribution in [3.63, 3.8) is 0 Å². The molecule has 1 aliphatic heterocycles.